The average molecular weight is 366 g/mol. The van der Waals surface area contributed by atoms with E-state index in [0.29, 0.717) is 22.9 Å². The van der Waals surface area contributed by atoms with E-state index in [-0.39, 0.29) is 5.91 Å². The SMILES string of the molecule is Cc1cc(Nc2ncnc3c2CCN3)[n+]([O-])c2c1C(=O)NC21CCCCC1. The summed E-state index contributed by atoms with van der Waals surface area (Å²) in [6.07, 6.45) is 7.09. The van der Waals surface area contributed by atoms with Crippen LogP contribution in [-0.2, 0) is 12.0 Å². The van der Waals surface area contributed by atoms with Gasteiger partial charge in [-0.1, -0.05) is 19.3 Å². The summed E-state index contributed by atoms with van der Waals surface area (Å²) in [7, 11) is 0. The summed E-state index contributed by atoms with van der Waals surface area (Å²) in [5.74, 6) is 1.72. The van der Waals surface area contributed by atoms with Gasteiger partial charge in [-0.3, -0.25) is 4.79 Å². The van der Waals surface area contributed by atoms with Gasteiger partial charge < -0.3 is 15.8 Å². The molecule has 5 rings (SSSR count). The van der Waals surface area contributed by atoms with Crippen molar-refractivity contribution in [3.8, 4) is 0 Å². The Morgan fingerprint density at radius 3 is 2.89 bits per heavy atom. The fraction of sp³-hybridized carbons (Fsp3) is 0.474. The third-order valence-electron chi connectivity index (χ3n) is 6.01. The van der Waals surface area contributed by atoms with Crippen LogP contribution in [0.4, 0.5) is 17.5 Å². The molecule has 0 radical (unpaired) electrons. The van der Waals surface area contributed by atoms with Crippen molar-refractivity contribution < 1.29 is 9.52 Å². The quantitative estimate of drug-likeness (QED) is 0.555. The van der Waals surface area contributed by atoms with E-state index >= 15 is 0 Å². The Kier molecular flexibility index (Phi) is 3.50. The molecule has 4 heterocycles. The number of aryl methyl sites for hydroxylation is 1. The fourth-order valence-corrected chi connectivity index (χ4v) is 4.74. The molecular formula is C19H22N6O2. The molecule has 140 valence electrons. The van der Waals surface area contributed by atoms with Crippen LogP contribution in [0.5, 0.6) is 0 Å². The summed E-state index contributed by atoms with van der Waals surface area (Å²) < 4.78 is 0.905. The molecule has 0 bridgehead atoms. The fourth-order valence-electron chi connectivity index (χ4n) is 4.74. The first-order chi connectivity index (χ1) is 13.1. The van der Waals surface area contributed by atoms with E-state index in [2.05, 4.69) is 25.9 Å². The standard InChI is InChI=1S/C19H22N6O2/c1-11-9-13(23-17-12-5-8-20-16(12)21-10-22-17)25(27)15-14(11)18(26)24-19(15)6-3-2-4-7-19/h9-10H,2-8H2,1H3,(H,24,26)(H2,20,21,22,23). The molecule has 8 nitrogen and oxygen atoms in total. The number of anilines is 3. The zero-order chi connectivity index (χ0) is 18.6. The predicted molar refractivity (Wildman–Crippen MR) is 99.9 cm³/mol. The number of rotatable bonds is 2. The van der Waals surface area contributed by atoms with Crippen molar-refractivity contribution in [3.63, 3.8) is 0 Å². The van der Waals surface area contributed by atoms with E-state index in [1.807, 2.05) is 6.92 Å². The third-order valence-corrected chi connectivity index (χ3v) is 6.01. The summed E-state index contributed by atoms with van der Waals surface area (Å²) >= 11 is 0. The number of amides is 1. The van der Waals surface area contributed by atoms with Gasteiger partial charge in [0.15, 0.2) is 0 Å². The molecule has 2 aromatic rings. The lowest BCUT2D eigenvalue weighted by Gasteiger charge is -2.34. The van der Waals surface area contributed by atoms with Gasteiger partial charge in [-0.15, -0.1) is 0 Å². The van der Waals surface area contributed by atoms with Crippen LogP contribution in [0.15, 0.2) is 12.4 Å². The van der Waals surface area contributed by atoms with Gasteiger partial charge in [0, 0.05) is 12.6 Å². The molecule has 0 unspecified atom stereocenters. The zero-order valence-electron chi connectivity index (χ0n) is 15.3. The van der Waals surface area contributed by atoms with Crippen molar-refractivity contribution in [3.05, 3.63) is 40.0 Å². The lowest BCUT2D eigenvalue weighted by Crippen LogP contribution is -2.49. The summed E-state index contributed by atoms with van der Waals surface area (Å²) in [5, 5.41) is 22.9. The Labute approximate surface area is 157 Å². The summed E-state index contributed by atoms with van der Waals surface area (Å²) in [5.41, 5.74) is 2.36. The van der Waals surface area contributed by atoms with Gasteiger partial charge in [0.1, 0.15) is 23.4 Å². The number of fused-ring (bicyclic) bond motifs is 3. The molecule has 27 heavy (non-hydrogen) atoms. The molecule has 1 aliphatic carbocycles. The van der Waals surface area contributed by atoms with E-state index < -0.39 is 5.54 Å². The number of aromatic nitrogens is 3. The Bertz CT molecular complexity index is 952. The van der Waals surface area contributed by atoms with Gasteiger partial charge in [0.2, 0.25) is 5.82 Å². The third kappa shape index (κ3) is 2.35. The molecule has 0 atom stereocenters. The van der Waals surface area contributed by atoms with Crippen molar-refractivity contribution in [2.75, 3.05) is 17.2 Å². The van der Waals surface area contributed by atoms with Gasteiger partial charge in [-0.05, 0) is 31.7 Å². The summed E-state index contributed by atoms with van der Waals surface area (Å²) in [6, 6.07) is 1.74. The number of nitrogens with one attached hydrogen (secondary N) is 3. The number of nitrogens with zero attached hydrogens (tertiary/aromatic N) is 3. The molecule has 0 aromatic carbocycles. The van der Waals surface area contributed by atoms with Crippen LogP contribution >= 0.6 is 0 Å². The van der Waals surface area contributed by atoms with E-state index in [1.165, 1.54) is 6.33 Å². The maximum absolute atomic E-state index is 13.3. The monoisotopic (exact) mass is 366 g/mol. The smallest absolute Gasteiger partial charge is 0.284 e. The van der Waals surface area contributed by atoms with Gasteiger partial charge in [0.25, 0.3) is 11.7 Å². The largest absolute Gasteiger partial charge is 0.710 e. The second-order valence-corrected chi connectivity index (χ2v) is 7.68. The van der Waals surface area contributed by atoms with Crippen molar-refractivity contribution in [2.45, 2.75) is 51.0 Å². The van der Waals surface area contributed by atoms with Crippen LogP contribution < -0.4 is 20.7 Å². The summed E-state index contributed by atoms with van der Waals surface area (Å²) in [6.45, 7) is 2.70. The molecule has 1 saturated carbocycles. The van der Waals surface area contributed by atoms with E-state index in [4.69, 9.17) is 0 Å². The van der Waals surface area contributed by atoms with Crippen LogP contribution in [-0.4, -0.2) is 22.4 Å². The molecule has 3 N–H and O–H groups in total. The van der Waals surface area contributed by atoms with Gasteiger partial charge in [0.05, 0.1) is 11.1 Å². The summed E-state index contributed by atoms with van der Waals surface area (Å²) in [4.78, 5) is 21.2. The Morgan fingerprint density at radius 1 is 1.26 bits per heavy atom. The Hall–Kier alpha value is -2.90. The molecular weight excluding hydrogens is 344 g/mol. The number of carbonyl (C=O) groups excluding carboxylic acids is 1. The Morgan fingerprint density at radius 2 is 2.07 bits per heavy atom. The minimum absolute atomic E-state index is 0.132. The second-order valence-electron chi connectivity index (χ2n) is 7.68. The molecule has 3 aliphatic rings. The minimum atomic E-state index is -0.538. The molecule has 1 fully saturated rings. The number of hydrogen-bond acceptors (Lipinski definition) is 6. The zero-order valence-corrected chi connectivity index (χ0v) is 15.3. The average Bonchev–Trinajstić information content (AvgIpc) is 3.24. The second kappa shape index (κ2) is 5.80. The van der Waals surface area contributed by atoms with Crippen molar-refractivity contribution >= 4 is 23.4 Å². The highest BCUT2D eigenvalue weighted by molar-refractivity contribution is 6.00. The first kappa shape index (κ1) is 16.3. The Balaban J connectivity index is 1.62. The van der Waals surface area contributed by atoms with Crippen LogP contribution in [0.1, 0.15) is 59.3 Å². The lowest BCUT2D eigenvalue weighted by atomic mass is 9.79. The van der Waals surface area contributed by atoms with Crippen molar-refractivity contribution in [2.24, 2.45) is 0 Å². The topological polar surface area (TPSA) is 106 Å². The highest BCUT2D eigenvalue weighted by Crippen LogP contribution is 2.42. The van der Waals surface area contributed by atoms with Crippen LogP contribution in [0.3, 0.4) is 0 Å². The van der Waals surface area contributed by atoms with E-state index in [9.17, 15) is 10.0 Å². The normalized spacial score (nSPS) is 19.4. The van der Waals surface area contributed by atoms with Crippen LogP contribution in [0.25, 0.3) is 0 Å². The van der Waals surface area contributed by atoms with Crippen LogP contribution in [0.2, 0.25) is 0 Å². The van der Waals surface area contributed by atoms with Crippen LogP contribution in [0, 0.1) is 12.1 Å². The predicted octanol–water partition coefficient (Wildman–Crippen LogP) is 2.03. The maximum atomic E-state index is 13.3. The maximum Gasteiger partial charge on any atom is 0.284 e. The number of hydrogen-bond donors (Lipinski definition) is 3. The number of pyridine rings is 1. The first-order valence-corrected chi connectivity index (χ1v) is 9.54. The molecule has 1 amide bonds. The van der Waals surface area contributed by atoms with E-state index in [0.717, 1.165) is 66.7 Å². The minimum Gasteiger partial charge on any atom is -0.710 e. The van der Waals surface area contributed by atoms with Gasteiger partial charge in [-0.2, -0.15) is 4.98 Å². The molecule has 8 heteroatoms. The molecule has 1 spiro atoms. The van der Waals surface area contributed by atoms with Crippen molar-refractivity contribution in [1.82, 2.24) is 15.3 Å². The first-order valence-electron chi connectivity index (χ1n) is 9.54. The number of carbonyl (C=O) groups is 1. The van der Waals surface area contributed by atoms with Gasteiger partial charge in [-0.25, -0.2) is 15.0 Å². The van der Waals surface area contributed by atoms with Crippen molar-refractivity contribution in [1.29, 1.82) is 0 Å². The highest BCUT2D eigenvalue weighted by atomic mass is 16.5. The lowest BCUT2D eigenvalue weighted by molar-refractivity contribution is -0.603. The molecule has 0 saturated heterocycles. The molecule has 2 aromatic heterocycles. The van der Waals surface area contributed by atoms with Gasteiger partial charge >= 0.3 is 0 Å². The highest BCUT2D eigenvalue weighted by Gasteiger charge is 2.48. The molecule has 2 aliphatic heterocycles. The van der Waals surface area contributed by atoms with E-state index in [1.54, 1.807) is 6.07 Å².